The SMILES string of the molecule is CCOc1cc(/C=N\NC(=O)CSc2nnc(C)s2)ccc1OCCOc1ccc([C@@H](C)CC)cc1. The molecule has 1 heterocycles. The van der Waals surface area contributed by atoms with Gasteiger partial charge in [0, 0.05) is 0 Å². The molecule has 0 bridgehead atoms. The zero-order chi connectivity index (χ0) is 25.8. The molecule has 3 rings (SSSR count). The lowest BCUT2D eigenvalue weighted by Crippen LogP contribution is -2.19. The Balaban J connectivity index is 1.46. The van der Waals surface area contributed by atoms with Crippen molar-refractivity contribution in [3.8, 4) is 17.2 Å². The van der Waals surface area contributed by atoms with Crippen molar-refractivity contribution in [3.63, 3.8) is 0 Å². The molecule has 1 atom stereocenters. The van der Waals surface area contributed by atoms with Gasteiger partial charge in [0.25, 0.3) is 5.91 Å². The number of ether oxygens (including phenoxy) is 3. The van der Waals surface area contributed by atoms with Gasteiger partial charge in [-0.15, -0.1) is 10.2 Å². The fourth-order valence-electron chi connectivity index (χ4n) is 3.11. The number of aryl methyl sites for hydroxylation is 1. The molecular formula is C26H32N4O4S2. The van der Waals surface area contributed by atoms with Crippen LogP contribution in [0.5, 0.6) is 17.2 Å². The third-order valence-corrected chi connectivity index (χ3v) is 7.15. The van der Waals surface area contributed by atoms with Crippen molar-refractivity contribution in [1.29, 1.82) is 0 Å². The number of hydrogen-bond donors (Lipinski definition) is 1. The zero-order valence-electron chi connectivity index (χ0n) is 21.0. The maximum atomic E-state index is 12.0. The molecule has 0 saturated carbocycles. The van der Waals surface area contributed by atoms with Gasteiger partial charge in [-0.2, -0.15) is 5.10 Å². The van der Waals surface area contributed by atoms with Gasteiger partial charge in [-0.3, -0.25) is 4.79 Å². The first-order valence-corrected chi connectivity index (χ1v) is 13.7. The molecule has 0 aliphatic rings. The summed E-state index contributed by atoms with van der Waals surface area (Å²) < 4.78 is 18.2. The van der Waals surface area contributed by atoms with Crippen molar-refractivity contribution in [3.05, 3.63) is 58.6 Å². The van der Waals surface area contributed by atoms with Crippen LogP contribution in [0.25, 0.3) is 0 Å². The summed E-state index contributed by atoms with van der Waals surface area (Å²) in [5.41, 5.74) is 4.61. The summed E-state index contributed by atoms with van der Waals surface area (Å²) in [6.07, 6.45) is 2.68. The summed E-state index contributed by atoms with van der Waals surface area (Å²) in [7, 11) is 0. The second kappa shape index (κ2) is 14.4. The van der Waals surface area contributed by atoms with Gasteiger partial charge in [0.2, 0.25) is 0 Å². The molecule has 0 spiro atoms. The van der Waals surface area contributed by atoms with Crippen molar-refractivity contribution in [2.45, 2.75) is 44.4 Å². The Labute approximate surface area is 220 Å². The highest BCUT2D eigenvalue weighted by atomic mass is 32.2. The molecule has 0 aliphatic carbocycles. The smallest absolute Gasteiger partial charge is 0.250 e. The van der Waals surface area contributed by atoms with Gasteiger partial charge >= 0.3 is 0 Å². The molecule has 2 aromatic carbocycles. The zero-order valence-corrected chi connectivity index (χ0v) is 22.7. The summed E-state index contributed by atoms with van der Waals surface area (Å²) in [5.74, 6) is 2.58. The molecule has 36 heavy (non-hydrogen) atoms. The van der Waals surface area contributed by atoms with E-state index in [2.05, 4.69) is 46.7 Å². The maximum Gasteiger partial charge on any atom is 0.250 e. The van der Waals surface area contributed by atoms with E-state index < -0.39 is 0 Å². The number of rotatable bonds is 14. The number of nitrogens with zero attached hydrogens (tertiary/aromatic N) is 3. The molecule has 0 fully saturated rings. The van der Waals surface area contributed by atoms with Crippen LogP contribution in [0.1, 0.15) is 49.2 Å². The average Bonchev–Trinajstić information content (AvgIpc) is 3.31. The van der Waals surface area contributed by atoms with Crippen LogP contribution >= 0.6 is 23.1 Å². The highest BCUT2D eigenvalue weighted by Crippen LogP contribution is 2.28. The number of hydrogen-bond acceptors (Lipinski definition) is 9. The second-order valence-electron chi connectivity index (χ2n) is 7.88. The molecule has 192 valence electrons. The Morgan fingerprint density at radius 1 is 1.08 bits per heavy atom. The van der Waals surface area contributed by atoms with Crippen LogP contribution < -0.4 is 19.6 Å². The summed E-state index contributed by atoms with van der Waals surface area (Å²) in [6.45, 7) is 9.48. The third-order valence-electron chi connectivity index (χ3n) is 5.18. The first-order chi connectivity index (χ1) is 17.5. The first kappa shape index (κ1) is 27.5. The number of hydrazone groups is 1. The summed E-state index contributed by atoms with van der Waals surface area (Å²) in [5, 5.41) is 12.8. The Morgan fingerprint density at radius 2 is 1.86 bits per heavy atom. The predicted molar refractivity (Wildman–Crippen MR) is 145 cm³/mol. The number of carbonyl (C=O) groups excluding carboxylic acids is 1. The molecule has 3 aromatic rings. The van der Waals surface area contributed by atoms with Gasteiger partial charge in [0.05, 0.1) is 18.6 Å². The molecule has 1 N–H and O–H groups in total. The highest BCUT2D eigenvalue weighted by Gasteiger charge is 2.08. The van der Waals surface area contributed by atoms with Crippen LogP contribution in [0.3, 0.4) is 0 Å². The van der Waals surface area contributed by atoms with Gasteiger partial charge in [-0.1, -0.05) is 49.1 Å². The number of amides is 1. The minimum absolute atomic E-state index is 0.215. The van der Waals surface area contributed by atoms with E-state index in [-0.39, 0.29) is 11.7 Å². The van der Waals surface area contributed by atoms with E-state index >= 15 is 0 Å². The molecular weight excluding hydrogens is 496 g/mol. The normalized spacial score (nSPS) is 11.9. The Kier molecular flexibility index (Phi) is 11.0. The maximum absolute atomic E-state index is 12.0. The van der Waals surface area contributed by atoms with Crippen LogP contribution in [0, 0.1) is 6.92 Å². The van der Waals surface area contributed by atoms with Crippen molar-refractivity contribution < 1.29 is 19.0 Å². The van der Waals surface area contributed by atoms with Crippen LogP contribution in [0.4, 0.5) is 0 Å². The van der Waals surface area contributed by atoms with Crippen molar-refractivity contribution >= 4 is 35.2 Å². The highest BCUT2D eigenvalue weighted by molar-refractivity contribution is 8.01. The molecule has 1 amide bonds. The predicted octanol–water partition coefficient (Wildman–Crippen LogP) is 5.46. The van der Waals surface area contributed by atoms with Gasteiger partial charge < -0.3 is 14.2 Å². The monoisotopic (exact) mass is 528 g/mol. The lowest BCUT2D eigenvalue weighted by atomic mass is 9.99. The summed E-state index contributed by atoms with van der Waals surface area (Å²) >= 11 is 2.78. The molecule has 0 unspecified atom stereocenters. The van der Waals surface area contributed by atoms with Crippen LogP contribution in [0.2, 0.25) is 0 Å². The average molecular weight is 529 g/mol. The van der Waals surface area contributed by atoms with E-state index in [4.69, 9.17) is 14.2 Å². The van der Waals surface area contributed by atoms with E-state index in [0.29, 0.717) is 37.2 Å². The third kappa shape index (κ3) is 8.83. The quantitative estimate of drug-likeness (QED) is 0.128. The van der Waals surface area contributed by atoms with Gasteiger partial charge in [-0.25, -0.2) is 5.43 Å². The number of nitrogens with one attached hydrogen (secondary N) is 1. The van der Waals surface area contributed by atoms with E-state index in [1.54, 1.807) is 6.21 Å². The van der Waals surface area contributed by atoms with Gasteiger partial charge in [0.1, 0.15) is 24.0 Å². The largest absolute Gasteiger partial charge is 0.490 e. The fourth-order valence-corrected chi connectivity index (χ4v) is 4.72. The van der Waals surface area contributed by atoms with Crippen LogP contribution in [-0.2, 0) is 4.79 Å². The standard InChI is InChI=1S/C26H32N4O4S2/c1-5-18(3)21-8-10-22(11-9-21)33-13-14-34-23-12-7-20(15-24(23)32-6-2)16-27-29-25(31)17-35-26-30-28-19(4)36-26/h7-12,15-16,18H,5-6,13-14,17H2,1-4H3,(H,29,31)/b27-16-/t18-/m0/s1. The summed E-state index contributed by atoms with van der Waals surface area (Å²) in [4.78, 5) is 12.0. The molecule has 8 nitrogen and oxygen atoms in total. The first-order valence-electron chi connectivity index (χ1n) is 11.9. The van der Waals surface area contributed by atoms with Crippen molar-refractivity contribution in [1.82, 2.24) is 15.6 Å². The molecule has 0 aliphatic heterocycles. The number of thioether (sulfide) groups is 1. The molecule has 1 aromatic heterocycles. The Hall–Kier alpha value is -3.11. The number of benzene rings is 2. The summed E-state index contributed by atoms with van der Waals surface area (Å²) in [6, 6.07) is 13.7. The molecule has 10 heteroatoms. The Bertz CT molecular complexity index is 1140. The van der Waals surface area contributed by atoms with Crippen LogP contribution in [-0.4, -0.2) is 47.9 Å². The molecule has 0 radical (unpaired) electrons. The lowest BCUT2D eigenvalue weighted by Gasteiger charge is -2.14. The number of carbonyl (C=O) groups is 1. The van der Waals surface area contributed by atoms with Crippen molar-refractivity contribution in [2.24, 2.45) is 5.10 Å². The van der Waals surface area contributed by atoms with Crippen LogP contribution in [0.15, 0.2) is 51.9 Å². The minimum Gasteiger partial charge on any atom is -0.490 e. The fraction of sp³-hybridized carbons (Fsp3) is 0.385. The Morgan fingerprint density at radius 3 is 2.56 bits per heavy atom. The van der Waals surface area contributed by atoms with E-state index in [9.17, 15) is 4.79 Å². The van der Waals surface area contributed by atoms with E-state index in [0.717, 1.165) is 27.1 Å². The minimum atomic E-state index is -0.219. The van der Waals surface area contributed by atoms with Gasteiger partial charge in [-0.05, 0) is 67.6 Å². The van der Waals surface area contributed by atoms with Crippen molar-refractivity contribution in [2.75, 3.05) is 25.6 Å². The lowest BCUT2D eigenvalue weighted by molar-refractivity contribution is -0.118. The second-order valence-corrected chi connectivity index (χ2v) is 10.3. The van der Waals surface area contributed by atoms with Gasteiger partial charge in [0.15, 0.2) is 15.8 Å². The topological polar surface area (TPSA) is 94.9 Å². The number of aromatic nitrogens is 2. The molecule has 0 saturated heterocycles. The van der Waals surface area contributed by atoms with E-state index in [1.807, 2.05) is 44.2 Å². The van der Waals surface area contributed by atoms with E-state index in [1.165, 1.54) is 28.7 Å².